The highest BCUT2D eigenvalue weighted by molar-refractivity contribution is 4.92. The summed E-state index contributed by atoms with van der Waals surface area (Å²) in [5.41, 5.74) is -0.360. The number of aliphatic hydroxyl groups excluding tert-OH is 1. The van der Waals surface area contributed by atoms with E-state index in [0.29, 0.717) is 19.6 Å². The summed E-state index contributed by atoms with van der Waals surface area (Å²) in [5, 5.41) is 9.87. The molecule has 1 fully saturated rings. The number of aliphatic hydroxyl groups is 1. The Bertz CT molecular complexity index is 254. The van der Waals surface area contributed by atoms with E-state index in [0.717, 1.165) is 26.3 Å². The van der Waals surface area contributed by atoms with Crippen LogP contribution in [0.1, 0.15) is 20.3 Å². The van der Waals surface area contributed by atoms with Crippen LogP contribution in [-0.4, -0.2) is 61.2 Å². The van der Waals surface area contributed by atoms with Crippen LogP contribution in [0.25, 0.3) is 0 Å². The zero-order valence-corrected chi connectivity index (χ0v) is 10.8. The van der Waals surface area contributed by atoms with Crippen molar-refractivity contribution in [3.05, 3.63) is 0 Å². The van der Waals surface area contributed by atoms with E-state index < -0.39 is 6.10 Å². The van der Waals surface area contributed by atoms with Gasteiger partial charge in [-0.2, -0.15) is 0 Å². The fourth-order valence-electron chi connectivity index (χ4n) is 1.75. The molecule has 98 valence electrons. The average Bonchev–Trinajstić information content (AvgIpc) is 2.28. The quantitative estimate of drug-likeness (QED) is 0.688. The number of nitrogens with zero attached hydrogens (tertiary/aromatic N) is 1. The molecule has 1 aliphatic heterocycles. The van der Waals surface area contributed by atoms with Crippen LogP contribution in [0.5, 0.6) is 0 Å². The van der Waals surface area contributed by atoms with E-state index in [-0.39, 0.29) is 5.60 Å². The summed E-state index contributed by atoms with van der Waals surface area (Å²) in [4.78, 5) is 2.19. The van der Waals surface area contributed by atoms with E-state index in [1.54, 1.807) is 0 Å². The third kappa shape index (κ3) is 6.04. The minimum atomic E-state index is -0.467. The zero-order valence-electron chi connectivity index (χ0n) is 10.8. The van der Waals surface area contributed by atoms with Crippen LogP contribution in [-0.2, 0) is 9.47 Å². The van der Waals surface area contributed by atoms with Gasteiger partial charge in [0.15, 0.2) is 0 Å². The number of hydrogen-bond acceptors (Lipinski definition) is 4. The van der Waals surface area contributed by atoms with Gasteiger partial charge >= 0.3 is 0 Å². The van der Waals surface area contributed by atoms with Crippen molar-refractivity contribution in [2.24, 2.45) is 0 Å². The Labute approximate surface area is 104 Å². The van der Waals surface area contributed by atoms with E-state index in [1.807, 2.05) is 13.8 Å². The molecule has 1 rings (SSSR count). The summed E-state index contributed by atoms with van der Waals surface area (Å²) in [6.45, 7) is 8.09. The monoisotopic (exact) mass is 241 g/mol. The van der Waals surface area contributed by atoms with Gasteiger partial charge in [-0.05, 0) is 13.8 Å². The van der Waals surface area contributed by atoms with Crippen molar-refractivity contribution in [3.8, 4) is 12.3 Å². The molecule has 1 atom stereocenters. The molecule has 0 aromatic carbocycles. The second-order valence-electron chi connectivity index (χ2n) is 5.02. The summed E-state index contributed by atoms with van der Waals surface area (Å²) in [6.07, 6.45) is 5.34. The van der Waals surface area contributed by atoms with Crippen molar-refractivity contribution in [2.45, 2.75) is 32.0 Å². The number of β-amino-alcohol motifs (C(OH)–C–C–N with tert-alkyl or cyclic N) is 1. The van der Waals surface area contributed by atoms with Crippen molar-refractivity contribution < 1.29 is 14.6 Å². The minimum Gasteiger partial charge on any atom is -0.389 e. The topological polar surface area (TPSA) is 41.9 Å². The Morgan fingerprint density at radius 3 is 2.71 bits per heavy atom. The average molecular weight is 241 g/mol. The standard InChI is InChI=1S/C13H23NO3/c1-4-5-13(2,3)17-11-12(15)10-14-6-8-16-9-7-14/h1,12,15H,5-11H2,2-3H3. The van der Waals surface area contributed by atoms with Crippen molar-refractivity contribution in [1.82, 2.24) is 4.90 Å². The third-order valence-corrected chi connectivity index (χ3v) is 2.77. The molecule has 0 radical (unpaired) electrons. The molecule has 1 saturated heterocycles. The van der Waals surface area contributed by atoms with Gasteiger partial charge in [-0.3, -0.25) is 4.90 Å². The van der Waals surface area contributed by atoms with Gasteiger partial charge < -0.3 is 14.6 Å². The number of terminal acetylenes is 1. The second-order valence-corrected chi connectivity index (χ2v) is 5.02. The predicted octanol–water partition coefficient (Wildman–Crippen LogP) is 0.498. The van der Waals surface area contributed by atoms with E-state index in [4.69, 9.17) is 15.9 Å². The largest absolute Gasteiger partial charge is 0.389 e. The Balaban J connectivity index is 2.20. The summed E-state index contributed by atoms with van der Waals surface area (Å²) >= 11 is 0. The van der Waals surface area contributed by atoms with Gasteiger partial charge in [-0.25, -0.2) is 0 Å². The van der Waals surface area contributed by atoms with Crippen molar-refractivity contribution in [2.75, 3.05) is 39.5 Å². The molecule has 0 bridgehead atoms. The molecule has 0 amide bonds. The van der Waals surface area contributed by atoms with Gasteiger partial charge in [0.05, 0.1) is 31.5 Å². The first-order valence-corrected chi connectivity index (χ1v) is 6.09. The van der Waals surface area contributed by atoms with Crippen molar-refractivity contribution in [1.29, 1.82) is 0 Å². The van der Waals surface area contributed by atoms with Gasteiger partial charge in [0, 0.05) is 26.1 Å². The number of rotatable bonds is 6. The SMILES string of the molecule is C#CCC(C)(C)OCC(O)CN1CCOCC1. The Kier molecular flexibility index (Phi) is 5.93. The fraction of sp³-hybridized carbons (Fsp3) is 0.846. The maximum absolute atomic E-state index is 9.87. The molecular formula is C13H23NO3. The maximum Gasteiger partial charge on any atom is 0.0900 e. The van der Waals surface area contributed by atoms with E-state index in [2.05, 4.69) is 10.8 Å². The summed E-state index contributed by atoms with van der Waals surface area (Å²) in [5.74, 6) is 2.58. The molecule has 4 heteroatoms. The summed E-state index contributed by atoms with van der Waals surface area (Å²) < 4.78 is 10.9. The highest BCUT2D eigenvalue weighted by atomic mass is 16.5. The van der Waals surface area contributed by atoms with E-state index in [1.165, 1.54) is 0 Å². The van der Waals surface area contributed by atoms with Gasteiger partial charge in [-0.15, -0.1) is 12.3 Å². The smallest absolute Gasteiger partial charge is 0.0900 e. The second kappa shape index (κ2) is 6.97. The van der Waals surface area contributed by atoms with Crippen LogP contribution in [0.4, 0.5) is 0 Å². The van der Waals surface area contributed by atoms with Crippen molar-refractivity contribution in [3.63, 3.8) is 0 Å². The highest BCUT2D eigenvalue weighted by Crippen LogP contribution is 2.14. The fourth-order valence-corrected chi connectivity index (χ4v) is 1.75. The van der Waals surface area contributed by atoms with Gasteiger partial charge in [0.25, 0.3) is 0 Å². The Hall–Kier alpha value is -0.600. The maximum atomic E-state index is 9.87. The summed E-state index contributed by atoms with van der Waals surface area (Å²) in [7, 11) is 0. The number of morpholine rings is 1. The molecule has 1 N–H and O–H groups in total. The highest BCUT2D eigenvalue weighted by Gasteiger charge is 2.20. The minimum absolute atomic E-state index is 0.325. The van der Waals surface area contributed by atoms with Crippen LogP contribution in [0.2, 0.25) is 0 Å². The zero-order chi connectivity index (χ0) is 12.7. The summed E-state index contributed by atoms with van der Waals surface area (Å²) in [6, 6.07) is 0. The lowest BCUT2D eigenvalue weighted by Gasteiger charge is -2.30. The van der Waals surface area contributed by atoms with Crippen molar-refractivity contribution >= 4 is 0 Å². The predicted molar refractivity (Wildman–Crippen MR) is 66.7 cm³/mol. The van der Waals surface area contributed by atoms with Crippen LogP contribution in [0, 0.1) is 12.3 Å². The van der Waals surface area contributed by atoms with Gasteiger partial charge in [0.2, 0.25) is 0 Å². The lowest BCUT2D eigenvalue weighted by molar-refractivity contribution is -0.0692. The first-order valence-electron chi connectivity index (χ1n) is 6.09. The molecule has 0 aromatic rings. The van der Waals surface area contributed by atoms with Crippen LogP contribution in [0.3, 0.4) is 0 Å². The Morgan fingerprint density at radius 1 is 1.47 bits per heavy atom. The van der Waals surface area contributed by atoms with Crippen LogP contribution < -0.4 is 0 Å². The molecule has 0 aliphatic carbocycles. The normalized spacial score (nSPS) is 19.9. The molecule has 1 unspecified atom stereocenters. The molecular weight excluding hydrogens is 218 g/mol. The molecule has 0 spiro atoms. The molecule has 0 aromatic heterocycles. The number of hydrogen-bond donors (Lipinski definition) is 1. The van der Waals surface area contributed by atoms with Gasteiger partial charge in [-0.1, -0.05) is 0 Å². The molecule has 1 heterocycles. The molecule has 4 nitrogen and oxygen atoms in total. The third-order valence-electron chi connectivity index (χ3n) is 2.77. The first-order chi connectivity index (χ1) is 8.03. The molecule has 17 heavy (non-hydrogen) atoms. The Morgan fingerprint density at radius 2 is 2.12 bits per heavy atom. The van der Waals surface area contributed by atoms with Crippen LogP contribution in [0.15, 0.2) is 0 Å². The number of ether oxygens (including phenoxy) is 2. The van der Waals surface area contributed by atoms with Gasteiger partial charge in [0.1, 0.15) is 0 Å². The molecule has 0 saturated carbocycles. The lowest BCUT2D eigenvalue weighted by atomic mass is 10.1. The first kappa shape index (κ1) is 14.5. The van der Waals surface area contributed by atoms with Crippen LogP contribution >= 0.6 is 0 Å². The van der Waals surface area contributed by atoms with E-state index >= 15 is 0 Å². The lowest BCUT2D eigenvalue weighted by Crippen LogP contribution is -2.43. The molecule has 1 aliphatic rings. The van der Waals surface area contributed by atoms with E-state index in [9.17, 15) is 5.11 Å².